The standard InChI is InChI=1S/C10H17N3O2/c11-12-9(14)10(15)13(5-7-1-2-7)6-8-3-4-8/h7-8H,1-6,11H2,(H,12,14). The van der Waals surface area contributed by atoms with Gasteiger partial charge in [-0.1, -0.05) is 0 Å². The van der Waals surface area contributed by atoms with Crippen LogP contribution in [-0.2, 0) is 9.59 Å². The summed E-state index contributed by atoms with van der Waals surface area (Å²) in [6, 6.07) is 0. The van der Waals surface area contributed by atoms with Gasteiger partial charge in [0.2, 0.25) is 0 Å². The van der Waals surface area contributed by atoms with E-state index in [1.807, 2.05) is 5.43 Å². The van der Waals surface area contributed by atoms with E-state index in [0.717, 1.165) is 13.1 Å². The van der Waals surface area contributed by atoms with Crippen molar-refractivity contribution in [1.29, 1.82) is 0 Å². The average molecular weight is 211 g/mol. The molecular weight excluding hydrogens is 194 g/mol. The maximum absolute atomic E-state index is 11.6. The minimum Gasteiger partial charge on any atom is -0.334 e. The lowest BCUT2D eigenvalue weighted by molar-refractivity contribution is -0.146. The van der Waals surface area contributed by atoms with Crippen LogP contribution >= 0.6 is 0 Å². The molecule has 0 aromatic heterocycles. The maximum atomic E-state index is 11.6. The molecule has 2 aliphatic rings. The summed E-state index contributed by atoms with van der Waals surface area (Å²) >= 11 is 0. The number of nitrogens with one attached hydrogen (secondary N) is 1. The summed E-state index contributed by atoms with van der Waals surface area (Å²) in [4.78, 5) is 24.4. The van der Waals surface area contributed by atoms with E-state index in [-0.39, 0.29) is 0 Å². The molecule has 2 aliphatic carbocycles. The Hall–Kier alpha value is -1.10. The number of carbonyl (C=O) groups excluding carboxylic acids is 2. The summed E-state index contributed by atoms with van der Waals surface area (Å²) in [5, 5.41) is 0. The van der Waals surface area contributed by atoms with Crippen LogP contribution in [0.5, 0.6) is 0 Å². The van der Waals surface area contributed by atoms with E-state index in [2.05, 4.69) is 0 Å². The Kier molecular flexibility index (Phi) is 2.90. The number of hydrogen-bond donors (Lipinski definition) is 2. The zero-order valence-corrected chi connectivity index (χ0v) is 8.74. The Bertz CT molecular complexity index is 258. The van der Waals surface area contributed by atoms with E-state index < -0.39 is 11.8 Å². The average Bonchev–Trinajstić information content (AvgIpc) is 3.08. The van der Waals surface area contributed by atoms with Crippen LogP contribution in [0.2, 0.25) is 0 Å². The highest BCUT2D eigenvalue weighted by molar-refractivity contribution is 6.34. The lowest BCUT2D eigenvalue weighted by Gasteiger charge is -2.21. The van der Waals surface area contributed by atoms with E-state index in [4.69, 9.17) is 5.84 Å². The largest absolute Gasteiger partial charge is 0.334 e. The van der Waals surface area contributed by atoms with Gasteiger partial charge >= 0.3 is 11.8 Å². The molecule has 5 heteroatoms. The normalized spacial score (nSPS) is 19.8. The number of hydrogen-bond acceptors (Lipinski definition) is 3. The first-order valence-corrected chi connectivity index (χ1v) is 5.50. The predicted octanol–water partition coefficient (Wildman–Crippen LogP) is -0.375. The Balaban J connectivity index is 1.88. The predicted molar refractivity (Wildman–Crippen MR) is 54.4 cm³/mol. The molecule has 0 spiro atoms. The summed E-state index contributed by atoms with van der Waals surface area (Å²) < 4.78 is 0. The fourth-order valence-corrected chi connectivity index (χ4v) is 1.67. The third kappa shape index (κ3) is 2.92. The number of carbonyl (C=O) groups is 2. The van der Waals surface area contributed by atoms with E-state index in [0.29, 0.717) is 11.8 Å². The van der Waals surface area contributed by atoms with Crippen molar-refractivity contribution in [1.82, 2.24) is 10.3 Å². The van der Waals surface area contributed by atoms with Gasteiger partial charge in [-0.3, -0.25) is 15.0 Å². The van der Waals surface area contributed by atoms with Gasteiger partial charge in [0, 0.05) is 13.1 Å². The number of amides is 2. The van der Waals surface area contributed by atoms with Gasteiger partial charge < -0.3 is 4.90 Å². The molecule has 3 N–H and O–H groups in total. The topological polar surface area (TPSA) is 75.4 Å². The van der Waals surface area contributed by atoms with Crippen LogP contribution in [-0.4, -0.2) is 29.8 Å². The molecule has 0 saturated heterocycles. The molecule has 0 radical (unpaired) electrons. The molecular formula is C10H17N3O2. The first-order valence-electron chi connectivity index (χ1n) is 5.50. The van der Waals surface area contributed by atoms with Gasteiger partial charge in [0.15, 0.2) is 0 Å². The number of rotatable bonds is 4. The molecule has 2 amide bonds. The molecule has 15 heavy (non-hydrogen) atoms. The molecule has 0 atom stereocenters. The first kappa shape index (κ1) is 10.4. The summed E-state index contributed by atoms with van der Waals surface area (Å²) in [6.07, 6.45) is 4.72. The van der Waals surface area contributed by atoms with Crippen molar-refractivity contribution >= 4 is 11.8 Å². The third-order valence-electron chi connectivity index (χ3n) is 2.96. The second kappa shape index (κ2) is 4.18. The van der Waals surface area contributed by atoms with E-state index in [9.17, 15) is 9.59 Å². The fourth-order valence-electron chi connectivity index (χ4n) is 1.67. The highest BCUT2D eigenvalue weighted by Gasteiger charge is 2.33. The van der Waals surface area contributed by atoms with Gasteiger partial charge in [-0.05, 0) is 37.5 Å². The smallest absolute Gasteiger partial charge is 0.323 e. The lowest BCUT2D eigenvalue weighted by Crippen LogP contribution is -2.46. The molecule has 2 fully saturated rings. The monoisotopic (exact) mass is 211 g/mol. The van der Waals surface area contributed by atoms with Crippen LogP contribution in [0.25, 0.3) is 0 Å². The van der Waals surface area contributed by atoms with E-state index in [1.54, 1.807) is 4.90 Å². The van der Waals surface area contributed by atoms with Crippen LogP contribution in [0, 0.1) is 11.8 Å². The van der Waals surface area contributed by atoms with Gasteiger partial charge in [-0.2, -0.15) is 0 Å². The number of nitrogens with two attached hydrogens (primary N) is 1. The summed E-state index contributed by atoms with van der Waals surface area (Å²) in [5.41, 5.74) is 1.90. The van der Waals surface area contributed by atoms with Gasteiger partial charge in [-0.25, -0.2) is 5.84 Å². The molecule has 2 saturated carbocycles. The fraction of sp³-hybridized carbons (Fsp3) is 0.800. The molecule has 0 heterocycles. The van der Waals surface area contributed by atoms with E-state index >= 15 is 0 Å². The van der Waals surface area contributed by atoms with E-state index in [1.165, 1.54) is 25.7 Å². The van der Waals surface area contributed by atoms with Crippen molar-refractivity contribution in [2.24, 2.45) is 17.7 Å². The van der Waals surface area contributed by atoms with Gasteiger partial charge in [0.1, 0.15) is 0 Å². The number of hydrazine groups is 1. The van der Waals surface area contributed by atoms with Crippen molar-refractivity contribution < 1.29 is 9.59 Å². The summed E-state index contributed by atoms with van der Waals surface area (Å²) in [5.74, 6) is 5.00. The SMILES string of the molecule is NNC(=O)C(=O)N(CC1CC1)CC1CC1. The zero-order chi connectivity index (χ0) is 10.8. The van der Waals surface area contributed by atoms with Gasteiger partial charge in [0.05, 0.1) is 0 Å². The molecule has 5 nitrogen and oxygen atoms in total. The Labute approximate surface area is 89.0 Å². The van der Waals surface area contributed by atoms with Crippen molar-refractivity contribution in [3.63, 3.8) is 0 Å². The summed E-state index contributed by atoms with van der Waals surface area (Å²) in [7, 11) is 0. The number of nitrogens with zero attached hydrogens (tertiary/aromatic N) is 1. The van der Waals surface area contributed by atoms with Gasteiger partial charge in [0.25, 0.3) is 0 Å². The highest BCUT2D eigenvalue weighted by atomic mass is 16.2. The quantitative estimate of drug-likeness (QED) is 0.288. The first-order chi connectivity index (χ1) is 7.20. The van der Waals surface area contributed by atoms with Crippen LogP contribution in [0.1, 0.15) is 25.7 Å². The van der Waals surface area contributed by atoms with Crippen molar-refractivity contribution in [2.45, 2.75) is 25.7 Å². The van der Waals surface area contributed by atoms with Gasteiger partial charge in [-0.15, -0.1) is 0 Å². The molecule has 0 aromatic carbocycles. The summed E-state index contributed by atoms with van der Waals surface area (Å²) in [6.45, 7) is 1.45. The molecule has 0 aromatic rings. The van der Waals surface area contributed by atoms with Crippen LogP contribution in [0.3, 0.4) is 0 Å². The molecule has 0 aliphatic heterocycles. The molecule has 2 rings (SSSR count). The Morgan fingerprint density at radius 1 is 1.13 bits per heavy atom. The van der Waals surface area contributed by atoms with Crippen LogP contribution in [0.4, 0.5) is 0 Å². The molecule has 0 unspecified atom stereocenters. The van der Waals surface area contributed by atoms with Crippen molar-refractivity contribution in [3.05, 3.63) is 0 Å². The second-order valence-corrected chi connectivity index (χ2v) is 4.57. The minimum atomic E-state index is -0.698. The third-order valence-corrected chi connectivity index (χ3v) is 2.96. The van der Waals surface area contributed by atoms with Crippen molar-refractivity contribution in [3.8, 4) is 0 Å². The zero-order valence-electron chi connectivity index (χ0n) is 8.74. The maximum Gasteiger partial charge on any atom is 0.323 e. The van der Waals surface area contributed by atoms with Crippen molar-refractivity contribution in [2.75, 3.05) is 13.1 Å². The highest BCUT2D eigenvalue weighted by Crippen LogP contribution is 2.33. The second-order valence-electron chi connectivity index (χ2n) is 4.57. The lowest BCUT2D eigenvalue weighted by atomic mass is 10.3. The Morgan fingerprint density at radius 3 is 1.93 bits per heavy atom. The Morgan fingerprint density at radius 2 is 1.60 bits per heavy atom. The molecule has 84 valence electrons. The van der Waals surface area contributed by atoms with Crippen LogP contribution in [0.15, 0.2) is 0 Å². The molecule has 0 bridgehead atoms. The van der Waals surface area contributed by atoms with Crippen LogP contribution < -0.4 is 11.3 Å². The minimum absolute atomic E-state index is 0.476.